The Bertz CT molecular complexity index is 914. The lowest BCUT2D eigenvalue weighted by atomic mass is 10.3. The van der Waals surface area contributed by atoms with Crippen molar-refractivity contribution >= 4 is 17.2 Å². The van der Waals surface area contributed by atoms with Gasteiger partial charge in [0.15, 0.2) is 5.82 Å². The van der Waals surface area contributed by atoms with E-state index < -0.39 is 0 Å². The first-order chi connectivity index (χ1) is 10.3. The van der Waals surface area contributed by atoms with Crippen molar-refractivity contribution in [2.75, 3.05) is 0 Å². The standard InChI is InChI=1S/C12H7ClN8/c13-11-17-10(18-12(19-11)21-7-14-6-16-21)8-2-1-3-9-15-4-5-20(8)9/h1-7H. The van der Waals surface area contributed by atoms with Crippen molar-refractivity contribution in [2.45, 2.75) is 0 Å². The molecule has 0 aliphatic rings. The Hall–Kier alpha value is -2.87. The summed E-state index contributed by atoms with van der Waals surface area (Å²) < 4.78 is 3.29. The fourth-order valence-electron chi connectivity index (χ4n) is 2.00. The van der Waals surface area contributed by atoms with Crippen LogP contribution >= 0.6 is 11.6 Å². The molecule has 0 N–H and O–H groups in total. The number of fused-ring (bicyclic) bond motifs is 1. The fourth-order valence-corrected chi connectivity index (χ4v) is 2.15. The van der Waals surface area contributed by atoms with E-state index in [2.05, 4.69) is 30.0 Å². The number of imidazole rings is 1. The zero-order chi connectivity index (χ0) is 14.2. The third-order valence-corrected chi connectivity index (χ3v) is 3.05. The zero-order valence-corrected chi connectivity index (χ0v) is 11.3. The normalized spacial score (nSPS) is 11.1. The molecule has 0 unspecified atom stereocenters. The summed E-state index contributed by atoms with van der Waals surface area (Å²) in [5.74, 6) is 0.740. The van der Waals surface area contributed by atoms with Gasteiger partial charge < -0.3 is 0 Å². The number of hydrogen-bond donors (Lipinski definition) is 0. The maximum Gasteiger partial charge on any atom is 0.256 e. The molecule has 0 amide bonds. The number of nitrogens with zero attached hydrogens (tertiary/aromatic N) is 8. The first-order valence-electron chi connectivity index (χ1n) is 6.00. The predicted octanol–water partition coefficient (Wildman–Crippen LogP) is 1.42. The SMILES string of the molecule is Clc1nc(-c2cccc3nccn23)nc(-n2cncn2)n1. The number of rotatable bonds is 2. The van der Waals surface area contributed by atoms with Crippen LogP contribution in [0.4, 0.5) is 0 Å². The molecule has 4 aromatic heterocycles. The Balaban J connectivity index is 1.95. The molecule has 0 aliphatic heterocycles. The average molecular weight is 299 g/mol. The van der Waals surface area contributed by atoms with E-state index in [1.165, 1.54) is 17.3 Å². The molecule has 4 aromatic rings. The molecule has 0 radical (unpaired) electrons. The Labute approximate surface area is 123 Å². The van der Waals surface area contributed by atoms with Gasteiger partial charge in [-0.1, -0.05) is 6.07 Å². The third kappa shape index (κ3) is 2.01. The van der Waals surface area contributed by atoms with Crippen molar-refractivity contribution in [3.8, 4) is 17.5 Å². The van der Waals surface area contributed by atoms with Gasteiger partial charge in [-0.25, -0.2) is 9.97 Å². The van der Waals surface area contributed by atoms with Gasteiger partial charge in [-0.3, -0.25) is 4.40 Å². The molecule has 0 aliphatic carbocycles. The third-order valence-electron chi connectivity index (χ3n) is 2.88. The largest absolute Gasteiger partial charge is 0.297 e. The monoisotopic (exact) mass is 298 g/mol. The molecule has 0 saturated heterocycles. The number of halogens is 1. The highest BCUT2D eigenvalue weighted by Crippen LogP contribution is 2.18. The van der Waals surface area contributed by atoms with Crippen molar-refractivity contribution < 1.29 is 0 Å². The summed E-state index contributed by atoms with van der Waals surface area (Å²) in [6, 6.07) is 5.65. The van der Waals surface area contributed by atoms with Gasteiger partial charge in [-0.15, -0.1) is 0 Å². The van der Waals surface area contributed by atoms with Crippen molar-refractivity contribution in [3.63, 3.8) is 0 Å². The second-order valence-corrected chi connectivity index (χ2v) is 4.47. The minimum Gasteiger partial charge on any atom is -0.297 e. The molecule has 0 fully saturated rings. The Morgan fingerprint density at radius 2 is 2.05 bits per heavy atom. The zero-order valence-electron chi connectivity index (χ0n) is 10.5. The molecule has 0 saturated carbocycles. The van der Waals surface area contributed by atoms with E-state index in [-0.39, 0.29) is 5.28 Å². The summed E-state index contributed by atoms with van der Waals surface area (Å²) in [7, 11) is 0. The molecule has 8 nitrogen and oxygen atoms in total. The fraction of sp³-hybridized carbons (Fsp3) is 0. The van der Waals surface area contributed by atoms with Gasteiger partial charge in [-0.05, 0) is 23.7 Å². The smallest absolute Gasteiger partial charge is 0.256 e. The van der Waals surface area contributed by atoms with Crippen molar-refractivity contribution in [1.82, 2.24) is 39.1 Å². The van der Waals surface area contributed by atoms with Crippen molar-refractivity contribution in [2.24, 2.45) is 0 Å². The molecule has 4 heterocycles. The molecule has 9 heteroatoms. The molecule has 0 spiro atoms. The van der Waals surface area contributed by atoms with Crippen LogP contribution in [0.25, 0.3) is 23.1 Å². The van der Waals surface area contributed by atoms with Crippen molar-refractivity contribution in [3.05, 3.63) is 48.5 Å². The number of aromatic nitrogens is 8. The van der Waals surface area contributed by atoms with E-state index in [1.54, 1.807) is 6.20 Å². The van der Waals surface area contributed by atoms with Crippen LogP contribution in [-0.4, -0.2) is 39.1 Å². The lowest BCUT2D eigenvalue weighted by molar-refractivity contribution is 0.794. The minimum atomic E-state index is 0.0858. The summed E-state index contributed by atoms with van der Waals surface area (Å²) in [5.41, 5.74) is 1.56. The second kappa shape index (κ2) is 4.60. The van der Waals surface area contributed by atoms with Gasteiger partial charge in [0.05, 0.1) is 5.69 Å². The van der Waals surface area contributed by atoms with Gasteiger partial charge in [-0.2, -0.15) is 24.7 Å². The van der Waals surface area contributed by atoms with E-state index in [0.717, 1.165) is 11.3 Å². The first kappa shape index (κ1) is 11.9. The Kier molecular flexibility index (Phi) is 2.61. The molecule has 102 valence electrons. The van der Waals surface area contributed by atoms with E-state index in [1.807, 2.05) is 28.8 Å². The summed E-state index contributed by atoms with van der Waals surface area (Å²) in [6.07, 6.45) is 6.43. The molecule has 0 atom stereocenters. The highest BCUT2D eigenvalue weighted by atomic mass is 35.5. The predicted molar refractivity (Wildman–Crippen MR) is 73.9 cm³/mol. The van der Waals surface area contributed by atoms with Gasteiger partial charge in [0.1, 0.15) is 18.3 Å². The van der Waals surface area contributed by atoms with E-state index in [0.29, 0.717) is 11.8 Å². The van der Waals surface area contributed by atoms with Gasteiger partial charge in [0.2, 0.25) is 5.28 Å². The molecule has 0 bridgehead atoms. The lowest BCUT2D eigenvalue weighted by Crippen LogP contribution is -2.06. The minimum absolute atomic E-state index is 0.0858. The quantitative estimate of drug-likeness (QED) is 0.556. The molecule has 0 aromatic carbocycles. The van der Waals surface area contributed by atoms with Crippen LogP contribution in [0.3, 0.4) is 0 Å². The van der Waals surface area contributed by atoms with Crippen LogP contribution in [0.1, 0.15) is 0 Å². The second-order valence-electron chi connectivity index (χ2n) is 4.13. The maximum atomic E-state index is 5.99. The summed E-state index contributed by atoms with van der Waals surface area (Å²) in [6.45, 7) is 0. The molecular weight excluding hydrogens is 292 g/mol. The van der Waals surface area contributed by atoms with Gasteiger partial charge >= 0.3 is 0 Å². The van der Waals surface area contributed by atoms with Crippen LogP contribution in [0.5, 0.6) is 0 Å². The summed E-state index contributed by atoms with van der Waals surface area (Å²) in [4.78, 5) is 20.7. The van der Waals surface area contributed by atoms with Crippen LogP contribution in [0.15, 0.2) is 43.2 Å². The van der Waals surface area contributed by atoms with E-state index >= 15 is 0 Å². The lowest BCUT2D eigenvalue weighted by Gasteiger charge is -2.06. The summed E-state index contributed by atoms with van der Waals surface area (Å²) in [5, 5.41) is 4.08. The van der Waals surface area contributed by atoms with Gasteiger partial charge in [0.25, 0.3) is 5.95 Å². The van der Waals surface area contributed by atoms with Crippen LogP contribution in [0.2, 0.25) is 5.28 Å². The topological polar surface area (TPSA) is 86.7 Å². The van der Waals surface area contributed by atoms with Crippen LogP contribution in [-0.2, 0) is 0 Å². The molecule has 4 rings (SSSR count). The molecular formula is C12H7ClN8. The van der Waals surface area contributed by atoms with Crippen LogP contribution < -0.4 is 0 Å². The highest BCUT2D eigenvalue weighted by molar-refractivity contribution is 6.28. The number of hydrogen-bond acceptors (Lipinski definition) is 6. The van der Waals surface area contributed by atoms with E-state index in [9.17, 15) is 0 Å². The maximum absolute atomic E-state index is 5.99. The Morgan fingerprint density at radius 1 is 1.10 bits per heavy atom. The molecule has 21 heavy (non-hydrogen) atoms. The van der Waals surface area contributed by atoms with E-state index in [4.69, 9.17) is 11.6 Å². The highest BCUT2D eigenvalue weighted by Gasteiger charge is 2.12. The summed E-state index contributed by atoms with van der Waals surface area (Å²) >= 11 is 5.99. The van der Waals surface area contributed by atoms with Gasteiger partial charge in [0, 0.05) is 12.4 Å². The average Bonchev–Trinajstić information content (AvgIpc) is 3.17. The van der Waals surface area contributed by atoms with Crippen LogP contribution in [0, 0.1) is 0 Å². The number of pyridine rings is 1. The van der Waals surface area contributed by atoms with Crippen molar-refractivity contribution in [1.29, 1.82) is 0 Å². The Morgan fingerprint density at radius 3 is 2.90 bits per heavy atom. The first-order valence-corrected chi connectivity index (χ1v) is 6.38.